The lowest BCUT2D eigenvalue weighted by Gasteiger charge is -2.31. The van der Waals surface area contributed by atoms with Crippen molar-refractivity contribution >= 4 is 34.3 Å². The summed E-state index contributed by atoms with van der Waals surface area (Å²) >= 11 is 6.10. The van der Waals surface area contributed by atoms with E-state index in [1.165, 1.54) is 0 Å². The molecule has 1 aromatic heterocycles. The molecule has 34 heavy (non-hydrogen) atoms. The van der Waals surface area contributed by atoms with E-state index in [-0.39, 0.29) is 11.9 Å². The zero-order valence-electron chi connectivity index (χ0n) is 18.1. The first-order valence-corrected chi connectivity index (χ1v) is 11.3. The summed E-state index contributed by atoms with van der Waals surface area (Å²) in [6, 6.07) is 21.8. The van der Waals surface area contributed by atoms with Crippen molar-refractivity contribution in [2.24, 2.45) is 0 Å². The van der Waals surface area contributed by atoms with Crippen LogP contribution < -0.4 is 16.1 Å². The number of benzene rings is 3. The van der Waals surface area contributed by atoms with Gasteiger partial charge in [-0.1, -0.05) is 54.1 Å². The normalized spacial score (nSPS) is 17.2. The number of halogens is 1. The summed E-state index contributed by atoms with van der Waals surface area (Å²) in [6.45, 7) is 0.324. The fourth-order valence-corrected chi connectivity index (χ4v) is 4.60. The third kappa shape index (κ3) is 4.28. The molecule has 1 aliphatic rings. The lowest BCUT2D eigenvalue weighted by atomic mass is 9.90. The second-order valence-electron chi connectivity index (χ2n) is 8.33. The van der Waals surface area contributed by atoms with Gasteiger partial charge in [0.2, 0.25) is 5.91 Å². The molecular formula is C26H23ClN4O3. The number of carbonyl (C=O) groups excluding carboxylic acids is 2. The highest BCUT2D eigenvalue weighted by atomic mass is 35.5. The van der Waals surface area contributed by atoms with Gasteiger partial charge in [-0.05, 0) is 53.4 Å². The standard InChI is InChI=1S/C26H23ClN4O3/c27-18-11-9-16(10-12-18)23-24-20(19-3-1-2-4-21(19)29-24)13-22(30-23)26(33)28-14-15-5-7-17(8-6-15)25(32)31-34/h1-12,22-23,29-30,34H,13-14H2,(H,28,33)(H,31,32)/t22-,23+/m1/s1. The maximum Gasteiger partial charge on any atom is 0.274 e. The number of para-hydroxylation sites is 1. The minimum Gasteiger partial charge on any atom is -0.357 e. The van der Waals surface area contributed by atoms with Gasteiger partial charge in [0.1, 0.15) is 0 Å². The van der Waals surface area contributed by atoms with Crippen LogP contribution in [0.2, 0.25) is 5.02 Å². The Labute approximate surface area is 201 Å². The van der Waals surface area contributed by atoms with E-state index in [1.807, 2.05) is 42.5 Å². The Kier molecular flexibility index (Phi) is 6.06. The maximum atomic E-state index is 13.2. The van der Waals surface area contributed by atoms with Crippen LogP contribution in [-0.2, 0) is 17.8 Å². The number of amides is 2. The van der Waals surface area contributed by atoms with Crippen LogP contribution in [0, 0.1) is 0 Å². The highest BCUT2D eigenvalue weighted by Gasteiger charge is 2.33. The van der Waals surface area contributed by atoms with Gasteiger partial charge in [0.05, 0.1) is 12.1 Å². The van der Waals surface area contributed by atoms with E-state index in [0.29, 0.717) is 23.6 Å². The van der Waals surface area contributed by atoms with Crippen molar-refractivity contribution in [2.75, 3.05) is 0 Å². The molecule has 2 atom stereocenters. The second kappa shape index (κ2) is 9.30. The predicted molar refractivity (Wildman–Crippen MR) is 130 cm³/mol. The second-order valence-corrected chi connectivity index (χ2v) is 8.76. The van der Waals surface area contributed by atoms with Crippen molar-refractivity contribution in [2.45, 2.75) is 25.0 Å². The first kappa shape index (κ1) is 22.2. The smallest absolute Gasteiger partial charge is 0.274 e. The van der Waals surface area contributed by atoms with Crippen molar-refractivity contribution in [3.05, 3.63) is 106 Å². The number of carbonyl (C=O) groups is 2. The third-order valence-electron chi connectivity index (χ3n) is 6.22. The summed E-state index contributed by atoms with van der Waals surface area (Å²) in [5.41, 5.74) is 7.05. The van der Waals surface area contributed by atoms with Gasteiger partial charge in [-0.25, -0.2) is 5.48 Å². The van der Waals surface area contributed by atoms with E-state index in [4.69, 9.17) is 16.8 Å². The zero-order valence-corrected chi connectivity index (χ0v) is 18.9. The summed E-state index contributed by atoms with van der Waals surface area (Å²) in [4.78, 5) is 28.2. The van der Waals surface area contributed by atoms with E-state index < -0.39 is 11.9 Å². The summed E-state index contributed by atoms with van der Waals surface area (Å²) < 4.78 is 0. The number of hydrogen-bond donors (Lipinski definition) is 5. The van der Waals surface area contributed by atoms with Crippen molar-refractivity contribution in [1.82, 2.24) is 21.1 Å². The largest absolute Gasteiger partial charge is 0.357 e. The molecule has 2 heterocycles. The van der Waals surface area contributed by atoms with E-state index in [9.17, 15) is 9.59 Å². The SMILES string of the molecule is O=C(NO)c1ccc(CNC(=O)[C@H]2Cc3c([nH]c4ccccc34)[C@H](c3ccc(Cl)cc3)N2)cc1. The van der Waals surface area contributed by atoms with Crippen LogP contribution in [0.1, 0.15) is 38.8 Å². The molecule has 0 spiro atoms. The summed E-state index contributed by atoms with van der Waals surface area (Å²) in [6.07, 6.45) is 0.560. The Balaban J connectivity index is 1.38. The first-order chi connectivity index (χ1) is 16.5. The number of fused-ring (bicyclic) bond motifs is 3. The fourth-order valence-electron chi connectivity index (χ4n) is 4.47. The molecule has 0 aliphatic carbocycles. The predicted octanol–water partition coefficient (Wildman–Crippen LogP) is 3.86. The monoisotopic (exact) mass is 474 g/mol. The topological polar surface area (TPSA) is 106 Å². The van der Waals surface area contributed by atoms with Gasteiger partial charge in [-0.3, -0.25) is 20.1 Å². The van der Waals surface area contributed by atoms with Gasteiger partial charge in [-0.2, -0.15) is 0 Å². The summed E-state index contributed by atoms with van der Waals surface area (Å²) in [5, 5.41) is 17.0. The molecular weight excluding hydrogens is 452 g/mol. The van der Waals surface area contributed by atoms with Crippen LogP contribution in [0.15, 0.2) is 72.8 Å². The van der Waals surface area contributed by atoms with E-state index in [0.717, 1.165) is 33.3 Å². The Morgan fingerprint density at radius 2 is 1.74 bits per heavy atom. The van der Waals surface area contributed by atoms with Gasteiger partial charge in [0.15, 0.2) is 0 Å². The quantitative estimate of drug-likeness (QED) is 0.224. The molecule has 0 unspecified atom stereocenters. The molecule has 0 bridgehead atoms. The number of rotatable bonds is 5. The van der Waals surface area contributed by atoms with Crippen LogP contribution in [0.3, 0.4) is 0 Å². The molecule has 4 aromatic rings. The molecule has 172 valence electrons. The Hall–Kier alpha value is -3.65. The molecule has 0 saturated carbocycles. The molecule has 7 nitrogen and oxygen atoms in total. The third-order valence-corrected chi connectivity index (χ3v) is 6.47. The van der Waals surface area contributed by atoms with Crippen molar-refractivity contribution in [3.8, 4) is 0 Å². The summed E-state index contributed by atoms with van der Waals surface area (Å²) in [7, 11) is 0. The Bertz CT molecular complexity index is 1350. The van der Waals surface area contributed by atoms with Crippen LogP contribution in [0.5, 0.6) is 0 Å². The average molecular weight is 475 g/mol. The molecule has 5 rings (SSSR count). The number of aromatic amines is 1. The zero-order chi connectivity index (χ0) is 23.7. The molecule has 0 saturated heterocycles. The molecule has 5 N–H and O–H groups in total. The van der Waals surface area contributed by atoms with E-state index in [2.05, 4.69) is 21.7 Å². The maximum absolute atomic E-state index is 13.2. The van der Waals surface area contributed by atoms with Gasteiger partial charge in [0.25, 0.3) is 5.91 Å². The summed E-state index contributed by atoms with van der Waals surface area (Å²) in [5.74, 6) is -0.683. The number of nitrogens with one attached hydrogen (secondary N) is 4. The Morgan fingerprint density at radius 1 is 1.00 bits per heavy atom. The Morgan fingerprint density at radius 3 is 2.47 bits per heavy atom. The lowest BCUT2D eigenvalue weighted by molar-refractivity contribution is -0.123. The molecule has 0 radical (unpaired) electrons. The van der Waals surface area contributed by atoms with Crippen molar-refractivity contribution < 1.29 is 14.8 Å². The van der Waals surface area contributed by atoms with Gasteiger partial charge >= 0.3 is 0 Å². The molecule has 8 heteroatoms. The molecule has 0 fully saturated rings. The number of hydroxylamine groups is 1. The van der Waals surface area contributed by atoms with Crippen LogP contribution in [-0.4, -0.2) is 28.0 Å². The molecule has 1 aliphatic heterocycles. The highest BCUT2D eigenvalue weighted by molar-refractivity contribution is 6.30. The molecule has 2 amide bonds. The first-order valence-electron chi connectivity index (χ1n) is 11.0. The number of H-pyrrole nitrogens is 1. The lowest BCUT2D eigenvalue weighted by Crippen LogP contribution is -2.49. The van der Waals surface area contributed by atoms with Gasteiger partial charge < -0.3 is 10.3 Å². The average Bonchev–Trinajstić information content (AvgIpc) is 3.26. The number of hydrogen-bond acceptors (Lipinski definition) is 4. The van der Waals surface area contributed by atoms with E-state index in [1.54, 1.807) is 29.7 Å². The van der Waals surface area contributed by atoms with Crippen LogP contribution in [0.25, 0.3) is 10.9 Å². The van der Waals surface area contributed by atoms with Crippen molar-refractivity contribution in [1.29, 1.82) is 0 Å². The van der Waals surface area contributed by atoms with E-state index >= 15 is 0 Å². The molecule has 3 aromatic carbocycles. The van der Waals surface area contributed by atoms with Gasteiger partial charge in [0, 0.05) is 33.7 Å². The van der Waals surface area contributed by atoms with Crippen molar-refractivity contribution in [3.63, 3.8) is 0 Å². The highest BCUT2D eigenvalue weighted by Crippen LogP contribution is 2.35. The minimum atomic E-state index is -0.579. The fraction of sp³-hybridized carbons (Fsp3) is 0.154. The van der Waals surface area contributed by atoms with Crippen LogP contribution >= 0.6 is 11.6 Å². The number of aromatic nitrogens is 1. The van der Waals surface area contributed by atoms with Crippen LogP contribution in [0.4, 0.5) is 0 Å². The minimum absolute atomic E-state index is 0.105. The van der Waals surface area contributed by atoms with Gasteiger partial charge in [-0.15, -0.1) is 0 Å².